The first-order valence-electron chi connectivity index (χ1n) is 6.35. The van der Waals surface area contributed by atoms with Crippen LogP contribution in [0.5, 0.6) is 5.75 Å². The minimum atomic E-state index is -0.844. The summed E-state index contributed by atoms with van der Waals surface area (Å²) in [6.07, 6.45) is 1.88. The Morgan fingerprint density at radius 2 is 2.21 bits per heavy atom. The number of carboxylic acids is 1. The molecule has 0 spiro atoms. The summed E-state index contributed by atoms with van der Waals surface area (Å²) >= 11 is 0. The Morgan fingerprint density at radius 3 is 2.68 bits per heavy atom. The Balaban J connectivity index is 2.08. The van der Waals surface area contributed by atoms with Crippen molar-refractivity contribution in [3.05, 3.63) is 29.6 Å². The van der Waals surface area contributed by atoms with Gasteiger partial charge in [0.2, 0.25) is 0 Å². The number of hydrogen-bond donors (Lipinski definition) is 2. The number of hydrogen-bond acceptors (Lipinski definition) is 3. The number of carboxylic acid groups (broad SMARTS) is 1. The van der Waals surface area contributed by atoms with Crippen LogP contribution in [-0.4, -0.2) is 24.2 Å². The third-order valence-corrected chi connectivity index (χ3v) is 3.46. The van der Waals surface area contributed by atoms with Gasteiger partial charge in [-0.25, -0.2) is 4.39 Å². The van der Waals surface area contributed by atoms with Gasteiger partial charge in [-0.15, -0.1) is 0 Å². The second kappa shape index (κ2) is 5.57. The minimum absolute atomic E-state index is 0.188. The van der Waals surface area contributed by atoms with E-state index in [1.165, 1.54) is 13.2 Å². The molecule has 104 valence electrons. The fourth-order valence-electron chi connectivity index (χ4n) is 2.16. The molecule has 1 aromatic carbocycles. The molecule has 2 N–H and O–H groups in total. The van der Waals surface area contributed by atoms with Crippen molar-refractivity contribution in [2.75, 3.05) is 7.11 Å². The molecule has 0 bridgehead atoms. The predicted molar refractivity (Wildman–Crippen MR) is 68.7 cm³/mol. The van der Waals surface area contributed by atoms with Crippen LogP contribution in [0.15, 0.2) is 18.2 Å². The molecule has 0 heterocycles. The molecule has 0 radical (unpaired) electrons. The molecule has 1 fully saturated rings. The fourth-order valence-corrected chi connectivity index (χ4v) is 2.16. The predicted octanol–water partition coefficient (Wildman–Crippen LogP) is 2.35. The van der Waals surface area contributed by atoms with E-state index in [9.17, 15) is 9.18 Å². The van der Waals surface area contributed by atoms with Crippen LogP contribution in [0.3, 0.4) is 0 Å². The molecular weight excluding hydrogens is 249 g/mol. The van der Waals surface area contributed by atoms with Crippen molar-refractivity contribution >= 4 is 5.97 Å². The van der Waals surface area contributed by atoms with Crippen molar-refractivity contribution in [2.24, 2.45) is 5.92 Å². The molecule has 4 nitrogen and oxygen atoms in total. The van der Waals surface area contributed by atoms with Crippen molar-refractivity contribution in [2.45, 2.75) is 31.8 Å². The molecular formula is C14H18FNO3. The SMILES string of the molecule is COc1ccc(C(C)NC(C(=O)O)C2CC2)cc1F. The zero-order valence-electron chi connectivity index (χ0n) is 11.0. The van der Waals surface area contributed by atoms with Crippen molar-refractivity contribution < 1.29 is 19.0 Å². The third-order valence-electron chi connectivity index (χ3n) is 3.46. The Labute approximate surface area is 111 Å². The fraction of sp³-hybridized carbons (Fsp3) is 0.500. The molecule has 5 heteroatoms. The van der Waals surface area contributed by atoms with Gasteiger partial charge < -0.3 is 9.84 Å². The van der Waals surface area contributed by atoms with Gasteiger partial charge in [0.25, 0.3) is 0 Å². The summed E-state index contributed by atoms with van der Waals surface area (Å²) in [6.45, 7) is 1.83. The average Bonchev–Trinajstić information content (AvgIpc) is 3.19. The Kier molecular flexibility index (Phi) is 4.04. The number of halogens is 1. The molecule has 0 aliphatic heterocycles. The summed E-state index contributed by atoms with van der Waals surface area (Å²) in [6, 6.07) is 3.89. The second-order valence-corrected chi connectivity index (χ2v) is 4.94. The quantitative estimate of drug-likeness (QED) is 0.830. The number of carbonyl (C=O) groups is 1. The maximum atomic E-state index is 13.6. The van der Waals surface area contributed by atoms with Crippen LogP contribution in [0.4, 0.5) is 4.39 Å². The zero-order valence-corrected chi connectivity index (χ0v) is 11.0. The molecule has 0 saturated heterocycles. The highest BCUT2D eigenvalue weighted by molar-refractivity contribution is 5.74. The number of rotatable bonds is 6. The third kappa shape index (κ3) is 3.23. The Morgan fingerprint density at radius 1 is 1.53 bits per heavy atom. The van der Waals surface area contributed by atoms with Crippen LogP contribution in [0.2, 0.25) is 0 Å². The van der Waals surface area contributed by atoms with Crippen LogP contribution in [0.1, 0.15) is 31.4 Å². The largest absolute Gasteiger partial charge is 0.494 e. The average molecular weight is 267 g/mol. The van der Waals surface area contributed by atoms with Crippen LogP contribution >= 0.6 is 0 Å². The topological polar surface area (TPSA) is 58.6 Å². The molecule has 2 rings (SSSR count). The van der Waals surface area contributed by atoms with Gasteiger partial charge in [0.15, 0.2) is 11.6 Å². The van der Waals surface area contributed by atoms with E-state index >= 15 is 0 Å². The van der Waals surface area contributed by atoms with E-state index in [2.05, 4.69) is 5.32 Å². The van der Waals surface area contributed by atoms with E-state index in [4.69, 9.17) is 9.84 Å². The van der Waals surface area contributed by atoms with Crippen molar-refractivity contribution in [1.29, 1.82) is 0 Å². The lowest BCUT2D eigenvalue weighted by atomic mass is 10.1. The van der Waals surface area contributed by atoms with E-state index in [0.29, 0.717) is 5.56 Å². The zero-order chi connectivity index (χ0) is 14.0. The van der Waals surface area contributed by atoms with Gasteiger partial charge in [0, 0.05) is 6.04 Å². The number of benzene rings is 1. The summed E-state index contributed by atoms with van der Waals surface area (Å²) in [4.78, 5) is 11.2. The Bertz CT molecular complexity index is 474. The van der Waals surface area contributed by atoms with Crippen LogP contribution in [-0.2, 0) is 4.79 Å². The summed E-state index contributed by atoms with van der Waals surface area (Å²) in [5, 5.41) is 12.2. The first-order chi connectivity index (χ1) is 9.02. The van der Waals surface area contributed by atoms with Gasteiger partial charge in [-0.1, -0.05) is 6.07 Å². The molecule has 19 heavy (non-hydrogen) atoms. The summed E-state index contributed by atoms with van der Waals surface area (Å²) in [5.74, 6) is -0.897. The van der Waals surface area contributed by atoms with Gasteiger partial charge in [-0.2, -0.15) is 0 Å². The smallest absolute Gasteiger partial charge is 0.320 e. The number of ether oxygens (including phenoxy) is 1. The standard InChI is InChI=1S/C14H18FNO3/c1-8(16-13(14(17)18)9-3-4-9)10-5-6-12(19-2)11(15)7-10/h5-9,13,16H,3-4H2,1-2H3,(H,17,18). The lowest BCUT2D eigenvalue weighted by Gasteiger charge is -2.20. The maximum Gasteiger partial charge on any atom is 0.320 e. The highest BCUT2D eigenvalue weighted by atomic mass is 19.1. The highest BCUT2D eigenvalue weighted by Crippen LogP contribution is 2.34. The van der Waals surface area contributed by atoms with E-state index in [-0.39, 0.29) is 17.7 Å². The van der Waals surface area contributed by atoms with E-state index < -0.39 is 17.8 Å². The van der Waals surface area contributed by atoms with Gasteiger partial charge >= 0.3 is 5.97 Å². The molecule has 1 saturated carbocycles. The number of nitrogens with one attached hydrogen (secondary N) is 1. The normalized spacial score (nSPS) is 17.8. The summed E-state index contributed by atoms with van der Waals surface area (Å²) < 4.78 is 18.5. The lowest BCUT2D eigenvalue weighted by molar-refractivity contribution is -0.140. The van der Waals surface area contributed by atoms with E-state index in [1.807, 2.05) is 6.92 Å². The van der Waals surface area contributed by atoms with Crippen LogP contribution in [0.25, 0.3) is 0 Å². The molecule has 0 amide bonds. The van der Waals surface area contributed by atoms with E-state index in [0.717, 1.165) is 12.8 Å². The molecule has 2 unspecified atom stereocenters. The van der Waals surface area contributed by atoms with Gasteiger partial charge in [-0.05, 0) is 43.4 Å². The van der Waals surface area contributed by atoms with Crippen molar-refractivity contribution in [3.8, 4) is 5.75 Å². The van der Waals surface area contributed by atoms with Gasteiger partial charge in [-0.3, -0.25) is 10.1 Å². The summed E-state index contributed by atoms with van der Waals surface area (Å²) in [5.41, 5.74) is 0.713. The highest BCUT2D eigenvalue weighted by Gasteiger charge is 2.36. The molecule has 1 aromatic rings. The second-order valence-electron chi connectivity index (χ2n) is 4.94. The van der Waals surface area contributed by atoms with Gasteiger partial charge in [0.05, 0.1) is 7.11 Å². The molecule has 0 aromatic heterocycles. The van der Waals surface area contributed by atoms with E-state index in [1.54, 1.807) is 12.1 Å². The number of aliphatic carboxylic acids is 1. The first-order valence-corrected chi connectivity index (χ1v) is 6.35. The monoisotopic (exact) mass is 267 g/mol. The van der Waals surface area contributed by atoms with Crippen molar-refractivity contribution in [1.82, 2.24) is 5.32 Å². The first kappa shape index (κ1) is 13.8. The maximum absolute atomic E-state index is 13.6. The minimum Gasteiger partial charge on any atom is -0.494 e. The summed E-state index contributed by atoms with van der Waals surface area (Å²) in [7, 11) is 1.41. The molecule has 1 aliphatic rings. The lowest BCUT2D eigenvalue weighted by Crippen LogP contribution is -2.40. The van der Waals surface area contributed by atoms with Gasteiger partial charge in [0.1, 0.15) is 6.04 Å². The van der Waals surface area contributed by atoms with Crippen molar-refractivity contribution in [3.63, 3.8) is 0 Å². The molecule has 1 aliphatic carbocycles. The van der Waals surface area contributed by atoms with Crippen LogP contribution < -0.4 is 10.1 Å². The molecule has 2 atom stereocenters. The number of methoxy groups -OCH3 is 1. The van der Waals surface area contributed by atoms with Crippen LogP contribution in [0, 0.1) is 11.7 Å². The Hall–Kier alpha value is -1.62.